The Hall–Kier alpha value is -1.97. The highest BCUT2D eigenvalue weighted by Gasteiger charge is 2.11. The monoisotopic (exact) mass is 217 g/mol. The van der Waals surface area contributed by atoms with Crippen molar-refractivity contribution in [1.82, 2.24) is 9.78 Å². The first-order valence-corrected chi connectivity index (χ1v) is 5.09. The van der Waals surface area contributed by atoms with Crippen molar-refractivity contribution < 1.29 is 5.11 Å². The molecule has 0 saturated carbocycles. The number of anilines is 1. The van der Waals surface area contributed by atoms with E-state index in [0.717, 1.165) is 16.7 Å². The summed E-state index contributed by atoms with van der Waals surface area (Å²) in [6.45, 7) is 3.86. The van der Waals surface area contributed by atoms with Crippen LogP contribution in [0.1, 0.15) is 11.1 Å². The zero-order chi connectivity index (χ0) is 11.9. The fraction of sp³-hybridized carbons (Fsp3) is 0.250. The van der Waals surface area contributed by atoms with Gasteiger partial charge in [-0.05, 0) is 31.0 Å². The third kappa shape index (κ3) is 1.62. The SMILES string of the molecule is Cc1cc(C)c(O)c(-c2cc(N)n(C)n2)c1. The summed E-state index contributed by atoms with van der Waals surface area (Å²) in [6.07, 6.45) is 0. The summed E-state index contributed by atoms with van der Waals surface area (Å²) in [7, 11) is 1.78. The minimum atomic E-state index is 0.267. The van der Waals surface area contributed by atoms with Crippen molar-refractivity contribution in [2.75, 3.05) is 5.73 Å². The Morgan fingerprint density at radius 1 is 1.25 bits per heavy atom. The van der Waals surface area contributed by atoms with Gasteiger partial charge in [0.1, 0.15) is 11.6 Å². The van der Waals surface area contributed by atoms with Crippen LogP contribution in [0, 0.1) is 13.8 Å². The average molecular weight is 217 g/mol. The van der Waals surface area contributed by atoms with Gasteiger partial charge in [-0.2, -0.15) is 5.10 Å². The van der Waals surface area contributed by atoms with E-state index in [1.54, 1.807) is 17.8 Å². The second-order valence-electron chi connectivity index (χ2n) is 4.06. The molecular formula is C12H15N3O. The molecule has 2 aromatic rings. The molecular weight excluding hydrogens is 202 g/mol. The standard InChI is InChI=1S/C12H15N3O/c1-7-4-8(2)12(16)9(5-7)10-6-11(13)15(3)14-10/h4-6,16H,13H2,1-3H3. The predicted molar refractivity (Wildman–Crippen MR) is 64.2 cm³/mol. The van der Waals surface area contributed by atoms with E-state index in [4.69, 9.17) is 5.73 Å². The van der Waals surface area contributed by atoms with Gasteiger partial charge in [-0.25, -0.2) is 0 Å². The number of aromatic hydroxyl groups is 1. The van der Waals surface area contributed by atoms with Crippen molar-refractivity contribution in [3.8, 4) is 17.0 Å². The summed E-state index contributed by atoms with van der Waals surface area (Å²) >= 11 is 0. The maximum absolute atomic E-state index is 9.99. The largest absolute Gasteiger partial charge is 0.507 e. The van der Waals surface area contributed by atoms with Crippen LogP contribution >= 0.6 is 0 Å². The van der Waals surface area contributed by atoms with Gasteiger partial charge in [-0.15, -0.1) is 0 Å². The normalized spacial score (nSPS) is 10.7. The van der Waals surface area contributed by atoms with Crippen LogP contribution < -0.4 is 5.73 Å². The number of aromatic nitrogens is 2. The van der Waals surface area contributed by atoms with E-state index in [1.807, 2.05) is 26.0 Å². The first-order chi connectivity index (χ1) is 7.49. The van der Waals surface area contributed by atoms with Crippen LogP contribution in [0.15, 0.2) is 18.2 Å². The lowest BCUT2D eigenvalue weighted by molar-refractivity contribution is 0.472. The number of benzene rings is 1. The summed E-state index contributed by atoms with van der Waals surface area (Å²) in [6, 6.07) is 5.60. The molecule has 4 heteroatoms. The van der Waals surface area contributed by atoms with Gasteiger partial charge in [0.15, 0.2) is 0 Å². The van der Waals surface area contributed by atoms with Gasteiger partial charge in [0.05, 0.1) is 5.69 Å². The van der Waals surface area contributed by atoms with E-state index in [1.165, 1.54) is 0 Å². The van der Waals surface area contributed by atoms with E-state index in [0.29, 0.717) is 11.5 Å². The fourth-order valence-electron chi connectivity index (χ4n) is 1.77. The highest BCUT2D eigenvalue weighted by Crippen LogP contribution is 2.32. The van der Waals surface area contributed by atoms with Crippen molar-refractivity contribution in [3.05, 3.63) is 29.3 Å². The van der Waals surface area contributed by atoms with Crippen molar-refractivity contribution in [2.45, 2.75) is 13.8 Å². The minimum absolute atomic E-state index is 0.267. The predicted octanol–water partition coefficient (Wildman–Crippen LogP) is 1.99. The lowest BCUT2D eigenvalue weighted by Gasteiger charge is -2.06. The van der Waals surface area contributed by atoms with Gasteiger partial charge in [-0.3, -0.25) is 4.68 Å². The van der Waals surface area contributed by atoms with E-state index in [2.05, 4.69) is 5.10 Å². The van der Waals surface area contributed by atoms with E-state index in [-0.39, 0.29) is 5.75 Å². The number of aryl methyl sites for hydroxylation is 3. The van der Waals surface area contributed by atoms with Gasteiger partial charge in [0.25, 0.3) is 0 Å². The molecule has 1 heterocycles. The summed E-state index contributed by atoms with van der Waals surface area (Å²) in [5.74, 6) is 0.845. The minimum Gasteiger partial charge on any atom is -0.507 e. The van der Waals surface area contributed by atoms with Gasteiger partial charge in [-0.1, -0.05) is 6.07 Å². The van der Waals surface area contributed by atoms with Crippen LogP contribution in [-0.2, 0) is 7.05 Å². The number of rotatable bonds is 1. The number of hydrogen-bond acceptors (Lipinski definition) is 3. The van der Waals surface area contributed by atoms with Crippen LogP contribution in [0.25, 0.3) is 11.3 Å². The Kier molecular flexibility index (Phi) is 2.34. The number of nitrogen functional groups attached to an aromatic ring is 1. The molecule has 0 bridgehead atoms. The molecule has 0 aliphatic heterocycles. The van der Waals surface area contributed by atoms with Crippen molar-refractivity contribution in [3.63, 3.8) is 0 Å². The molecule has 1 aromatic carbocycles. The van der Waals surface area contributed by atoms with Crippen molar-refractivity contribution in [2.24, 2.45) is 7.05 Å². The second kappa shape index (κ2) is 3.56. The summed E-state index contributed by atoms with van der Waals surface area (Å²) in [5, 5.41) is 14.2. The Morgan fingerprint density at radius 3 is 2.50 bits per heavy atom. The molecule has 0 radical (unpaired) electrons. The van der Waals surface area contributed by atoms with E-state index in [9.17, 15) is 5.11 Å². The van der Waals surface area contributed by atoms with Crippen LogP contribution in [-0.4, -0.2) is 14.9 Å². The zero-order valence-corrected chi connectivity index (χ0v) is 9.65. The fourth-order valence-corrected chi connectivity index (χ4v) is 1.77. The Bertz CT molecular complexity index is 524. The van der Waals surface area contributed by atoms with Crippen LogP contribution in [0.2, 0.25) is 0 Å². The van der Waals surface area contributed by atoms with Crippen LogP contribution in [0.5, 0.6) is 5.75 Å². The molecule has 4 nitrogen and oxygen atoms in total. The number of phenolic OH excluding ortho intramolecular Hbond substituents is 1. The number of nitrogens with two attached hydrogens (primary N) is 1. The molecule has 84 valence electrons. The Morgan fingerprint density at radius 2 is 1.94 bits per heavy atom. The maximum Gasteiger partial charge on any atom is 0.127 e. The highest BCUT2D eigenvalue weighted by molar-refractivity contribution is 5.71. The van der Waals surface area contributed by atoms with Gasteiger partial charge < -0.3 is 10.8 Å². The molecule has 16 heavy (non-hydrogen) atoms. The van der Waals surface area contributed by atoms with E-state index < -0.39 is 0 Å². The molecule has 0 aliphatic carbocycles. The lowest BCUT2D eigenvalue weighted by atomic mass is 10.0. The lowest BCUT2D eigenvalue weighted by Crippen LogP contribution is -1.96. The molecule has 0 atom stereocenters. The summed E-state index contributed by atoms with van der Waals surface area (Å²) < 4.78 is 1.59. The molecule has 0 unspecified atom stereocenters. The zero-order valence-electron chi connectivity index (χ0n) is 9.65. The molecule has 1 aromatic heterocycles. The summed E-state index contributed by atoms with van der Waals surface area (Å²) in [5.41, 5.74) is 9.09. The second-order valence-corrected chi connectivity index (χ2v) is 4.06. The molecule has 0 amide bonds. The summed E-state index contributed by atoms with van der Waals surface area (Å²) in [4.78, 5) is 0. The Labute approximate surface area is 94.3 Å². The third-order valence-corrected chi connectivity index (χ3v) is 2.64. The molecule has 3 N–H and O–H groups in total. The van der Waals surface area contributed by atoms with Gasteiger partial charge in [0.2, 0.25) is 0 Å². The number of phenols is 1. The van der Waals surface area contributed by atoms with Gasteiger partial charge >= 0.3 is 0 Å². The first-order valence-electron chi connectivity index (χ1n) is 5.09. The average Bonchev–Trinajstić information content (AvgIpc) is 2.53. The molecule has 2 rings (SSSR count). The smallest absolute Gasteiger partial charge is 0.127 e. The van der Waals surface area contributed by atoms with Crippen LogP contribution in [0.4, 0.5) is 5.82 Å². The van der Waals surface area contributed by atoms with Crippen LogP contribution in [0.3, 0.4) is 0 Å². The molecule has 0 fully saturated rings. The molecule has 0 saturated heterocycles. The highest BCUT2D eigenvalue weighted by atomic mass is 16.3. The molecule has 0 aliphatic rings. The van der Waals surface area contributed by atoms with E-state index >= 15 is 0 Å². The number of nitrogens with zero attached hydrogens (tertiary/aromatic N) is 2. The number of hydrogen-bond donors (Lipinski definition) is 2. The third-order valence-electron chi connectivity index (χ3n) is 2.64. The van der Waals surface area contributed by atoms with Gasteiger partial charge in [0, 0.05) is 18.7 Å². The molecule has 0 spiro atoms. The van der Waals surface area contributed by atoms with Crippen molar-refractivity contribution >= 4 is 5.82 Å². The topological polar surface area (TPSA) is 64.1 Å². The maximum atomic E-state index is 9.99. The Balaban J connectivity index is 2.63. The van der Waals surface area contributed by atoms with Crippen molar-refractivity contribution in [1.29, 1.82) is 0 Å². The quantitative estimate of drug-likeness (QED) is 0.767. The first kappa shape index (κ1) is 10.5.